The summed E-state index contributed by atoms with van der Waals surface area (Å²) in [5.74, 6) is 0.132. The third-order valence-electron chi connectivity index (χ3n) is 3.88. The van der Waals surface area contributed by atoms with Crippen molar-refractivity contribution in [2.24, 2.45) is 0 Å². The maximum absolute atomic E-state index is 12.2. The molecule has 110 valence electrons. The van der Waals surface area contributed by atoms with Crippen molar-refractivity contribution in [3.05, 3.63) is 59.7 Å². The largest absolute Gasteiger partial charge is 0.377 e. The Labute approximate surface area is 125 Å². The van der Waals surface area contributed by atoms with Crippen LogP contribution in [-0.4, -0.2) is 14.2 Å². The van der Waals surface area contributed by atoms with Crippen LogP contribution in [0.2, 0.25) is 0 Å². The highest BCUT2D eigenvalue weighted by molar-refractivity contribution is 7.91. The van der Waals surface area contributed by atoms with E-state index in [1.54, 1.807) is 12.1 Å². The molecule has 0 aromatic heterocycles. The molecule has 0 saturated heterocycles. The monoisotopic (exact) mass is 301 g/mol. The molecule has 0 fully saturated rings. The molecule has 3 rings (SSSR count). The summed E-state index contributed by atoms with van der Waals surface area (Å²) in [6.45, 7) is 2.14. The van der Waals surface area contributed by atoms with Gasteiger partial charge in [0.15, 0.2) is 9.84 Å². The number of benzene rings is 2. The maximum Gasteiger partial charge on any atom is 0.181 e. The van der Waals surface area contributed by atoms with Gasteiger partial charge in [0.1, 0.15) is 0 Å². The minimum Gasteiger partial charge on any atom is -0.377 e. The SMILES string of the molecule is CCCc1ccccc1NC1CS(=O)(=O)c2ccccc21. The highest BCUT2D eigenvalue weighted by Gasteiger charge is 2.34. The standard InChI is InChI=1S/C17H19NO2S/c1-2-7-13-8-3-5-10-15(13)18-16-12-21(19,20)17-11-6-4-9-14(16)17/h3-6,8-11,16,18H,2,7,12H2,1H3. The van der Waals surface area contributed by atoms with Crippen LogP contribution in [0.1, 0.15) is 30.5 Å². The number of fused-ring (bicyclic) bond motifs is 1. The second kappa shape index (κ2) is 5.53. The Hall–Kier alpha value is -1.81. The molecule has 0 spiro atoms. The Balaban J connectivity index is 1.94. The second-order valence-corrected chi connectivity index (χ2v) is 7.43. The summed E-state index contributed by atoms with van der Waals surface area (Å²) < 4.78 is 24.4. The van der Waals surface area contributed by atoms with Crippen LogP contribution in [-0.2, 0) is 16.3 Å². The smallest absolute Gasteiger partial charge is 0.181 e. The molecule has 1 unspecified atom stereocenters. The van der Waals surface area contributed by atoms with Gasteiger partial charge in [-0.05, 0) is 29.7 Å². The highest BCUT2D eigenvalue weighted by atomic mass is 32.2. The quantitative estimate of drug-likeness (QED) is 0.939. The number of aryl methyl sites for hydroxylation is 1. The molecule has 0 amide bonds. The van der Waals surface area contributed by atoms with E-state index < -0.39 is 9.84 Å². The summed E-state index contributed by atoms with van der Waals surface area (Å²) >= 11 is 0. The summed E-state index contributed by atoms with van der Waals surface area (Å²) in [6.07, 6.45) is 2.06. The topological polar surface area (TPSA) is 46.2 Å². The molecule has 1 aliphatic rings. The predicted molar refractivity (Wildman–Crippen MR) is 85.3 cm³/mol. The second-order valence-electron chi connectivity index (χ2n) is 5.42. The van der Waals surface area contributed by atoms with Gasteiger partial charge in [-0.25, -0.2) is 8.42 Å². The zero-order valence-corrected chi connectivity index (χ0v) is 12.9. The lowest BCUT2D eigenvalue weighted by Gasteiger charge is -2.17. The Morgan fingerprint density at radius 3 is 2.62 bits per heavy atom. The molecular formula is C17H19NO2S. The average Bonchev–Trinajstić information content (AvgIpc) is 2.73. The molecule has 1 heterocycles. The zero-order chi connectivity index (χ0) is 14.9. The van der Waals surface area contributed by atoms with Crippen molar-refractivity contribution in [3.63, 3.8) is 0 Å². The Morgan fingerprint density at radius 1 is 1.10 bits per heavy atom. The molecule has 2 aromatic rings. The van der Waals surface area contributed by atoms with Gasteiger partial charge < -0.3 is 5.32 Å². The highest BCUT2D eigenvalue weighted by Crippen LogP contribution is 2.36. The van der Waals surface area contributed by atoms with Crippen LogP contribution < -0.4 is 5.32 Å². The fourth-order valence-corrected chi connectivity index (χ4v) is 4.64. The molecule has 1 N–H and O–H groups in total. The molecule has 4 heteroatoms. The van der Waals surface area contributed by atoms with Crippen LogP contribution in [0.25, 0.3) is 0 Å². The third-order valence-corrected chi connectivity index (χ3v) is 5.70. The first kappa shape index (κ1) is 14.1. The summed E-state index contributed by atoms with van der Waals surface area (Å²) in [6, 6.07) is 15.2. The van der Waals surface area contributed by atoms with E-state index in [4.69, 9.17) is 0 Å². The molecular weight excluding hydrogens is 282 g/mol. The Kier molecular flexibility index (Phi) is 3.72. The van der Waals surface area contributed by atoms with Crippen LogP contribution in [0.15, 0.2) is 53.4 Å². The van der Waals surface area contributed by atoms with Crippen molar-refractivity contribution in [2.75, 3.05) is 11.1 Å². The minimum atomic E-state index is -3.16. The number of hydrogen-bond acceptors (Lipinski definition) is 3. The summed E-state index contributed by atoms with van der Waals surface area (Å²) in [5, 5.41) is 3.43. The number of para-hydroxylation sites is 1. The van der Waals surface area contributed by atoms with Gasteiger partial charge in [0.05, 0.1) is 16.7 Å². The molecule has 0 bridgehead atoms. The summed E-state index contributed by atoms with van der Waals surface area (Å²) in [5.41, 5.74) is 3.15. The first-order valence-electron chi connectivity index (χ1n) is 7.28. The predicted octanol–water partition coefficient (Wildman–Crippen LogP) is 3.58. The van der Waals surface area contributed by atoms with E-state index in [2.05, 4.69) is 18.3 Å². The van der Waals surface area contributed by atoms with E-state index in [0.29, 0.717) is 4.90 Å². The molecule has 0 saturated carbocycles. The molecule has 1 aliphatic heterocycles. The Morgan fingerprint density at radius 2 is 1.81 bits per heavy atom. The molecule has 0 radical (unpaired) electrons. The summed E-state index contributed by atoms with van der Waals surface area (Å²) in [7, 11) is -3.16. The van der Waals surface area contributed by atoms with E-state index in [0.717, 1.165) is 24.1 Å². The molecule has 2 aromatic carbocycles. The average molecular weight is 301 g/mol. The molecule has 3 nitrogen and oxygen atoms in total. The zero-order valence-electron chi connectivity index (χ0n) is 12.0. The number of hydrogen-bond donors (Lipinski definition) is 1. The summed E-state index contributed by atoms with van der Waals surface area (Å²) in [4.78, 5) is 0.468. The van der Waals surface area contributed by atoms with Crippen molar-refractivity contribution in [3.8, 4) is 0 Å². The van der Waals surface area contributed by atoms with E-state index in [1.165, 1.54) is 5.56 Å². The van der Waals surface area contributed by atoms with Crippen molar-refractivity contribution in [1.82, 2.24) is 0 Å². The Bertz CT molecular complexity index is 753. The van der Waals surface area contributed by atoms with E-state index in [9.17, 15) is 8.42 Å². The number of nitrogens with one attached hydrogen (secondary N) is 1. The van der Waals surface area contributed by atoms with Crippen molar-refractivity contribution < 1.29 is 8.42 Å². The minimum absolute atomic E-state index is 0.132. The lowest BCUT2D eigenvalue weighted by Crippen LogP contribution is -2.14. The van der Waals surface area contributed by atoms with Gasteiger partial charge >= 0.3 is 0 Å². The van der Waals surface area contributed by atoms with E-state index >= 15 is 0 Å². The number of anilines is 1. The van der Waals surface area contributed by atoms with Gasteiger partial charge in [0.25, 0.3) is 0 Å². The van der Waals surface area contributed by atoms with Gasteiger partial charge in [-0.1, -0.05) is 49.7 Å². The normalized spacial score (nSPS) is 19.2. The third kappa shape index (κ3) is 2.68. The fourth-order valence-electron chi connectivity index (χ4n) is 2.91. The lowest BCUT2D eigenvalue weighted by molar-refractivity contribution is 0.598. The lowest BCUT2D eigenvalue weighted by atomic mass is 10.0. The van der Waals surface area contributed by atoms with Crippen molar-refractivity contribution >= 4 is 15.5 Å². The van der Waals surface area contributed by atoms with Gasteiger partial charge in [-0.15, -0.1) is 0 Å². The van der Waals surface area contributed by atoms with Crippen LogP contribution in [0.4, 0.5) is 5.69 Å². The fraction of sp³-hybridized carbons (Fsp3) is 0.294. The van der Waals surface area contributed by atoms with Crippen molar-refractivity contribution in [2.45, 2.75) is 30.7 Å². The van der Waals surface area contributed by atoms with Gasteiger partial charge in [-0.2, -0.15) is 0 Å². The van der Waals surface area contributed by atoms with E-state index in [-0.39, 0.29) is 11.8 Å². The van der Waals surface area contributed by atoms with Gasteiger partial charge in [0, 0.05) is 5.69 Å². The van der Waals surface area contributed by atoms with Gasteiger partial charge in [0.2, 0.25) is 0 Å². The number of sulfone groups is 1. The van der Waals surface area contributed by atoms with Crippen LogP contribution in [0.5, 0.6) is 0 Å². The maximum atomic E-state index is 12.2. The van der Waals surface area contributed by atoms with E-state index in [1.807, 2.05) is 30.3 Å². The first-order chi connectivity index (χ1) is 10.1. The van der Waals surface area contributed by atoms with Crippen LogP contribution in [0.3, 0.4) is 0 Å². The molecule has 1 atom stereocenters. The van der Waals surface area contributed by atoms with Crippen LogP contribution in [0, 0.1) is 0 Å². The molecule has 0 aliphatic carbocycles. The van der Waals surface area contributed by atoms with Gasteiger partial charge in [-0.3, -0.25) is 0 Å². The van der Waals surface area contributed by atoms with Crippen LogP contribution >= 0.6 is 0 Å². The molecule has 21 heavy (non-hydrogen) atoms. The van der Waals surface area contributed by atoms with Crippen molar-refractivity contribution in [1.29, 1.82) is 0 Å². The first-order valence-corrected chi connectivity index (χ1v) is 8.93. The number of rotatable bonds is 4.